The molecule has 0 radical (unpaired) electrons. The predicted molar refractivity (Wildman–Crippen MR) is 83.1 cm³/mol. The van der Waals surface area contributed by atoms with E-state index in [9.17, 15) is 4.79 Å². The smallest absolute Gasteiger partial charge is 0.222 e. The molecule has 1 aromatic carbocycles. The molecule has 0 bridgehead atoms. The number of rotatable bonds is 4. The van der Waals surface area contributed by atoms with E-state index in [1.807, 2.05) is 36.2 Å². The van der Waals surface area contributed by atoms with Crippen LogP contribution in [0.25, 0.3) is 0 Å². The minimum atomic E-state index is 0.245. The van der Waals surface area contributed by atoms with Crippen LogP contribution in [-0.2, 0) is 11.2 Å². The van der Waals surface area contributed by atoms with Gasteiger partial charge < -0.3 is 9.80 Å². The second-order valence-corrected chi connectivity index (χ2v) is 6.10. The van der Waals surface area contributed by atoms with E-state index >= 15 is 0 Å². The molecule has 4 heteroatoms. The summed E-state index contributed by atoms with van der Waals surface area (Å²) in [5.41, 5.74) is 1.17. The maximum atomic E-state index is 12.3. The Morgan fingerprint density at radius 2 is 1.90 bits per heavy atom. The quantitative estimate of drug-likeness (QED) is 0.852. The molecule has 1 saturated heterocycles. The van der Waals surface area contributed by atoms with Crippen molar-refractivity contribution in [3.05, 3.63) is 34.9 Å². The van der Waals surface area contributed by atoms with Crippen LogP contribution in [0.2, 0.25) is 5.02 Å². The Morgan fingerprint density at radius 1 is 1.30 bits per heavy atom. The summed E-state index contributed by atoms with van der Waals surface area (Å²) in [5.74, 6) is 0.245. The van der Waals surface area contributed by atoms with Crippen LogP contribution in [-0.4, -0.2) is 48.9 Å². The topological polar surface area (TPSA) is 23.6 Å². The third kappa shape index (κ3) is 4.22. The van der Waals surface area contributed by atoms with Crippen molar-refractivity contribution in [2.75, 3.05) is 27.2 Å². The molecule has 20 heavy (non-hydrogen) atoms. The lowest BCUT2D eigenvalue weighted by atomic mass is 10.0. The molecule has 110 valence electrons. The van der Waals surface area contributed by atoms with Gasteiger partial charge in [0.05, 0.1) is 0 Å². The minimum absolute atomic E-state index is 0.245. The van der Waals surface area contributed by atoms with Gasteiger partial charge in [0.2, 0.25) is 5.91 Å². The first kappa shape index (κ1) is 15.3. The van der Waals surface area contributed by atoms with Crippen LogP contribution in [0.5, 0.6) is 0 Å². The van der Waals surface area contributed by atoms with E-state index < -0.39 is 0 Å². The molecule has 0 unspecified atom stereocenters. The van der Waals surface area contributed by atoms with Crippen molar-refractivity contribution in [1.29, 1.82) is 0 Å². The van der Waals surface area contributed by atoms with Gasteiger partial charge in [-0.3, -0.25) is 4.79 Å². The molecule has 3 nitrogen and oxygen atoms in total. The standard InChI is InChI=1S/C16H23ClN2O/c1-18-11-9-15(10-12-18)19(2)16(20)8-5-13-3-6-14(17)7-4-13/h3-4,6-7,15H,5,8-12H2,1-2H3. The molecular formula is C16H23ClN2O. The number of likely N-dealkylation sites (tertiary alicyclic amines) is 1. The molecule has 0 atom stereocenters. The minimum Gasteiger partial charge on any atom is -0.343 e. The van der Waals surface area contributed by atoms with Crippen LogP contribution in [0.3, 0.4) is 0 Å². The lowest BCUT2D eigenvalue weighted by Gasteiger charge is -2.35. The van der Waals surface area contributed by atoms with Gasteiger partial charge in [-0.15, -0.1) is 0 Å². The summed E-state index contributed by atoms with van der Waals surface area (Å²) in [6.07, 6.45) is 3.52. The lowest BCUT2D eigenvalue weighted by Crippen LogP contribution is -2.44. The van der Waals surface area contributed by atoms with Crippen molar-refractivity contribution in [3.63, 3.8) is 0 Å². The monoisotopic (exact) mass is 294 g/mol. The summed E-state index contributed by atoms with van der Waals surface area (Å²) >= 11 is 5.86. The van der Waals surface area contributed by atoms with Crippen LogP contribution in [0.1, 0.15) is 24.8 Å². The predicted octanol–water partition coefficient (Wildman–Crippen LogP) is 2.83. The summed E-state index contributed by atoms with van der Waals surface area (Å²) in [5, 5.41) is 0.739. The Labute approximate surface area is 126 Å². The lowest BCUT2D eigenvalue weighted by molar-refractivity contribution is -0.132. The average molecular weight is 295 g/mol. The fraction of sp³-hybridized carbons (Fsp3) is 0.562. The number of hydrogen-bond acceptors (Lipinski definition) is 2. The zero-order valence-corrected chi connectivity index (χ0v) is 13.1. The summed E-state index contributed by atoms with van der Waals surface area (Å²) in [6.45, 7) is 2.17. The van der Waals surface area contributed by atoms with Crippen molar-refractivity contribution in [2.24, 2.45) is 0 Å². The van der Waals surface area contributed by atoms with Gasteiger partial charge >= 0.3 is 0 Å². The van der Waals surface area contributed by atoms with Crippen molar-refractivity contribution < 1.29 is 4.79 Å². The van der Waals surface area contributed by atoms with Crippen LogP contribution in [0.15, 0.2) is 24.3 Å². The summed E-state index contributed by atoms with van der Waals surface area (Å²) in [4.78, 5) is 16.5. The molecule has 0 aromatic heterocycles. The number of piperidine rings is 1. The van der Waals surface area contributed by atoms with E-state index in [2.05, 4.69) is 11.9 Å². The number of carbonyl (C=O) groups excluding carboxylic acids is 1. The van der Waals surface area contributed by atoms with Crippen LogP contribution in [0.4, 0.5) is 0 Å². The third-order valence-electron chi connectivity index (χ3n) is 4.17. The Morgan fingerprint density at radius 3 is 2.50 bits per heavy atom. The maximum absolute atomic E-state index is 12.3. The highest BCUT2D eigenvalue weighted by Gasteiger charge is 2.23. The number of halogens is 1. The fourth-order valence-corrected chi connectivity index (χ4v) is 2.79. The SMILES string of the molecule is CN1CCC(N(C)C(=O)CCc2ccc(Cl)cc2)CC1. The zero-order chi connectivity index (χ0) is 14.5. The Balaban J connectivity index is 1.80. The molecular weight excluding hydrogens is 272 g/mol. The van der Waals surface area contributed by atoms with Gasteiger partial charge in [-0.05, 0) is 57.1 Å². The van der Waals surface area contributed by atoms with Gasteiger partial charge in [0.25, 0.3) is 0 Å². The molecule has 1 aliphatic rings. The molecule has 1 heterocycles. The number of hydrogen-bond donors (Lipinski definition) is 0. The Hall–Kier alpha value is -1.06. The molecule has 0 saturated carbocycles. The first-order chi connectivity index (χ1) is 9.56. The summed E-state index contributed by atoms with van der Waals surface area (Å²) < 4.78 is 0. The largest absolute Gasteiger partial charge is 0.343 e. The number of carbonyl (C=O) groups is 1. The molecule has 1 amide bonds. The number of aryl methyl sites for hydroxylation is 1. The Bertz CT molecular complexity index is 438. The Kier molecular flexibility index (Phi) is 5.44. The third-order valence-corrected chi connectivity index (χ3v) is 4.42. The van der Waals surface area contributed by atoms with Crippen molar-refractivity contribution in [3.8, 4) is 0 Å². The molecule has 2 rings (SSSR count). The first-order valence-electron chi connectivity index (χ1n) is 7.25. The average Bonchev–Trinajstić information content (AvgIpc) is 2.46. The van der Waals surface area contributed by atoms with Gasteiger partial charge in [0.15, 0.2) is 0 Å². The number of nitrogens with zero attached hydrogens (tertiary/aromatic N) is 2. The van der Waals surface area contributed by atoms with Crippen molar-refractivity contribution >= 4 is 17.5 Å². The first-order valence-corrected chi connectivity index (χ1v) is 7.62. The normalized spacial score (nSPS) is 17.1. The van der Waals surface area contributed by atoms with Crippen molar-refractivity contribution in [2.45, 2.75) is 31.7 Å². The summed E-state index contributed by atoms with van der Waals surface area (Å²) in [6, 6.07) is 8.14. The van der Waals surface area contributed by atoms with E-state index in [-0.39, 0.29) is 5.91 Å². The van der Waals surface area contributed by atoms with Crippen molar-refractivity contribution in [1.82, 2.24) is 9.80 Å². The van der Waals surface area contributed by atoms with E-state index in [0.717, 1.165) is 37.4 Å². The highest BCUT2D eigenvalue weighted by Crippen LogP contribution is 2.16. The van der Waals surface area contributed by atoms with Gasteiger partial charge in [0, 0.05) is 24.5 Å². The second kappa shape index (κ2) is 7.09. The number of benzene rings is 1. The van der Waals surface area contributed by atoms with E-state index in [1.165, 1.54) is 5.56 Å². The zero-order valence-electron chi connectivity index (χ0n) is 12.3. The van der Waals surface area contributed by atoms with Crippen LogP contribution >= 0.6 is 11.6 Å². The van der Waals surface area contributed by atoms with Gasteiger partial charge in [-0.1, -0.05) is 23.7 Å². The highest BCUT2D eigenvalue weighted by atomic mass is 35.5. The van der Waals surface area contributed by atoms with Crippen LogP contribution in [0, 0.1) is 0 Å². The maximum Gasteiger partial charge on any atom is 0.222 e. The van der Waals surface area contributed by atoms with Gasteiger partial charge in [-0.25, -0.2) is 0 Å². The van der Waals surface area contributed by atoms with E-state index in [4.69, 9.17) is 11.6 Å². The second-order valence-electron chi connectivity index (χ2n) is 5.67. The molecule has 0 aliphatic carbocycles. The molecule has 1 aliphatic heterocycles. The van der Waals surface area contributed by atoms with Gasteiger partial charge in [-0.2, -0.15) is 0 Å². The van der Waals surface area contributed by atoms with Gasteiger partial charge in [0.1, 0.15) is 0 Å². The van der Waals surface area contributed by atoms with E-state index in [0.29, 0.717) is 12.5 Å². The van der Waals surface area contributed by atoms with Crippen LogP contribution < -0.4 is 0 Å². The molecule has 1 fully saturated rings. The van der Waals surface area contributed by atoms with E-state index in [1.54, 1.807) is 0 Å². The molecule has 0 spiro atoms. The highest BCUT2D eigenvalue weighted by molar-refractivity contribution is 6.30. The summed E-state index contributed by atoms with van der Waals surface area (Å²) in [7, 11) is 4.08. The molecule has 0 N–H and O–H groups in total. The fourth-order valence-electron chi connectivity index (χ4n) is 2.66. The molecule has 1 aromatic rings. The number of amides is 1.